The maximum absolute atomic E-state index is 12.8. The van der Waals surface area contributed by atoms with Crippen molar-refractivity contribution in [1.82, 2.24) is 20.0 Å². The molecule has 2 heterocycles. The molecule has 3 aromatic rings. The van der Waals surface area contributed by atoms with Crippen molar-refractivity contribution in [2.45, 2.75) is 13.5 Å². The molecule has 0 spiro atoms. The molecule has 3 N–H and O–H groups in total. The molecule has 0 saturated carbocycles. The number of hydrogen-bond donors (Lipinski definition) is 2. The van der Waals surface area contributed by atoms with Crippen molar-refractivity contribution in [3.63, 3.8) is 0 Å². The molecule has 2 aromatic heterocycles. The monoisotopic (exact) mass is 245 g/mol. The second-order valence-corrected chi connectivity index (χ2v) is 4.21. The summed E-state index contributed by atoms with van der Waals surface area (Å²) in [4.78, 5) is 0. The van der Waals surface area contributed by atoms with Crippen LogP contribution < -0.4 is 5.73 Å². The minimum Gasteiger partial charge on any atom is -0.383 e. The molecule has 3 rings (SSSR count). The standard InChI is InChI=1S/C12H12FN5/c1-7-10-11(14)15-16-12(10)18(17-7)6-8-2-4-9(13)5-3-8/h2-5H,6H2,1H3,(H3,14,15,16). The summed E-state index contributed by atoms with van der Waals surface area (Å²) in [6, 6.07) is 6.33. The second-order valence-electron chi connectivity index (χ2n) is 4.21. The van der Waals surface area contributed by atoms with Gasteiger partial charge in [-0.1, -0.05) is 12.1 Å². The zero-order valence-corrected chi connectivity index (χ0v) is 9.81. The topological polar surface area (TPSA) is 72.5 Å². The van der Waals surface area contributed by atoms with Crippen molar-refractivity contribution in [3.05, 3.63) is 41.3 Å². The van der Waals surface area contributed by atoms with Crippen LogP contribution in [0.25, 0.3) is 11.0 Å². The van der Waals surface area contributed by atoms with Crippen LogP contribution in [0.15, 0.2) is 24.3 Å². The molecule has 0 amide bonds. The van der Waals surface area contributed by atoms with Crippen LogP contribution in [-0.4, -0.2) is 20.0 Å². The van der Waals surface area contributed by atoms with Crippen LogP contribution in [0.2, 0.25) is 0 Å². The third-order valence-electron chi connectivity index (χ3n) is 2.90. The number of nitrogen functional groups attached to an aromatic ring is 1. The number of nitrogens with zero attached hydrogens (tertiary/aromatic N) is 3. The maximum atomic E-state index is 12.8. The Hall–Kier alpha value is -2.37. The Labute approximate surface area is 102 Å². The lowest BCUT2D eigenvalue weighted by Crippen LogP contribution is -2.02. The van der Waals surface area contributed by atoms with E-state index in [0.29, 0.717) is 18.0 Å². The second kappa shape index (κ2) is 3.83. The molecule has 0 fully saturated rings. The van der Waals surface area contributed by atoms with E-state index < -0.39 is 0 Å². The SMILES string of the molecule is Cc1nn(Cc2ccc(F)cc2)c2n[nH]c(N)c12. The lowest BCUT2D eigenvalue weighted by molar-refractivity contribution is 0.625. The Morgan fingerprint density at radius 3 is 2.78 bits per heavy atom. The Kier molecular flexibility index (Phi) is 2.29. The van der Waals surface area contributed by atoms with Crippen molar-refractivity contribution in [2.24, 2.45) is 0 Å². The van der Waals surface area contributed by atoms with Crippen molar-refractivity contribution in [2.75, 3.05) is 5.73 Å². The van der Waals surface area contributed by atoms with E-state index in [1.165, 1.54) is 12.1 Å². The van der Waals surface area contributed by atoms with Crippen LogP contribution >= 0.6 is 0 Å². The van der Waals surface area contributed by atoms with E-state index in [1.807, 2.05) is 6.92 Å². The van der Waals surface area contributed by atoms with Crippen molar-refractivity contribution in [3.8, 4) is 0 Å². The quantitative estimate of drug-likeness (QED) is 0.723. The van der Waals surface area contributed by atoms with Gasteiger partial charge >= 0.3 is 0 Å². The number of aryl methyl sites for hydroxylation is 1. The minimum absolute atomic E-state index is 0.246. The fourth-order valence-corrected chi connectivity index (χ4v) is 2.04. The van der Waals surface area contributed by atoms with Gasteiger partial charge in [0.05, 0.1) is 17.6 Å². The predicted molar refractivity (Wildman–Crippen MR) is 66.5 cm³/mol. The average Bonchev–Trinajstić information content (AvgIpc) is 2.86. The fourth-order valence-electron chi connectivity index (χ4n) is 2.04. The number of aromatic amines is 1. The lowest BCUT2D eigenvalue weighted by atomic mass is 10.2. The number of hydrogen-bond acceptors (Lipinski definition) is 3. The van der Waals surface area contributed by atoms with E-state index in [4.69, 9.17) is 5.73 Å². The number of anilines is 1. The first-order chi connectivity index (χ1) is 8.65. The van der Waals surface area contributed by atoms with Crippen LogP contribution in [0.3, 0.4) is 0 Å². The highest BCUT2D eigenvalue weighted by atomic mass is 19.1. The van der Waals surface area contributed by atoms with E-state index in [1.54, 1.807) is 16.8 Å². The Morgan fingerprint density at radius 2 is 2.06 bits per heavy atom. The number of H-pyrrole nitrogens is 1. The van der Waals surface area contributed by atoms with Gasteiger partial charge in [-0.3, -0.25) is 5.10 Å². The third-order valence-corrected chi connectivity index (χ3v) is 2.90. The normalized spacial score (nSPS) is 11.2. The van der Waals surface area contributed by atoms with E-state index in [9.17, 15) is 4.39 Å². The molecule has 1 aromatic carbocycles. The average molecular weight is 245 g/mol. The van der Waals surface area contributed by atoms with E-state index in [2.05, 4.69) is 15.3 Å². The smallest absolute Gasteiger partial charge is 0.182 e. The zero-order chi connectivity index (χ0) is 12.7. The zero-order valence-electron chi connectivity index (χ0n) is 9.81. The van der Waals surface area contributed by atoms with Gasteiger partial charge < -0.3 is 5.73 Å². The van der Waals surface area contributed by atoms with Gasteiger partial charge in [0.2, 0.25) is 0 Å². The highest BCUT2D eigenvalue weighted by Crippen LogP contribution is 2.22. The van der Waals surface area contributed by atoms with Crippen molar-refractivity contribution in [1.29, 1.82) is 0 Å². The van der Waals surface area contributed by atoms with Crippen LogP contribution in [0.1, 0.15) is 11.3 Å². The molecule has 0 aliphatic carbocycles. The first-order valence-corrected chi connectivity index (χ1v) is 5.56. The maximum Gasteiger partial charge on any atom is 0.182 e. The number of rotatable bonds is 2. The molecular formula is C12H12FN5. The number of fused-ring (bicyclic) bond motifs is 1. The van der Waals surface area contributed by atoms with E-state index in [0.717, 1.165) is 16.6 Å². The van der Waals surface area contributed by atoms with E-state index >= 15 is 0 Å². The molecule has 0 unspecified atom stereocenters. The van der Waals surface area contributed by atoms with Crippen molar-refractivity contribution >= 4 is 16.9 Å². The molecule has 5 nitrogen and oxygen atoms in total. The Bertz CT molecular complexity index is 695. The summed E-state index contributed by atoms with van der Waals surface area (Å²) in [7, 11) is 0. The number of nitrogens with one attached hydrogen (secondary N) is 1. The summed E-state index contributed by atoms with van der Waals surface area (Å²) < 4.78 is 14.6. The van der Waals surface area contributed by atoms with Gasteiger partial charge in [0.1, 0.15) is 11.6 Å². The largest absolute Gasteiger partial charge is 0.383 e. The number of halogens is 1. The molecule has 0 atom stereocenters. The minimum atomic E-state index is -0.246. The molecule has 0 saturated heterocycles. The molecule has 0 aliphatic heterocycles. The number of benzene rings is 1. The van der Waals surface area contributed by atoms with E-state index in [-0.39, 0.29) is 5.82 Å². The van der Waals surface area contributed by atoms with Gasteiger partial charge in [-0.25, -0.2) is 9.07 Å². The summed E-state index contributed by atoms with van der Waals surface area (Å²) >= 11 is 0. The lowest BCUT2D eigenvalue weighted by Gasteiger charge is -2.01. The van der Waals surface area contributed by atoms with Crippen LogP contribution in [0, 0.1) is 12.7 Å². The summed E-state index contributed by atoms with van der Waals surface area (Å²) in [5, 5.41) is 12.1. The first kappa shape index (κ1) is 10.8. The Morgan fingerprint density at radius 1 is 1.33 bits per heavy atom. The van der Waals surface area contributed by atoms with Gasteiger partial charge in [0.25, 0.3) is 0 Å². The molecule has 0 aliphatic rings. The molecule has 92 valence electrons. The van der Waals surface area contributed by atoms with Gasteiger partial charge in [0, 0.05) is 0 Å². The molecular weight excluding hydrogens is 233 g/mol. The number of aromatic nitrogens is 4. The molecule has 0 bridgehead atoms. The fraction of sp³-hybridized carbons (Fsp3) is 0.167. The summed E-state index contributed by atoms with van der Waals surface area (Å²) in [5.41, 5.74) is 8.29. The highest BCUT2D eigenvalue weighted by molar-refractivity contribution is 5.88. The van der Waals surface area contributed by atoms with Gasteiger partial charge in [-0.05, 0) is 24.6 Å². The first-order valence-electron chi connectivity index (χ1n) is 5.56. The molecule has 0 radical (unpaired) electrons. The van der Waals surface area contributed by atoms with Crippen LogP contribution in [0.5, 0.6) is 0 Å². The van der Waals surface area contributed by atoms with Gasteiger partial charge in [-0.15, -0.1) is 0 Å². The summed E-state index contributed by atoms with van der Waals surface area (Å²) in [6.45, 7) is 2.42. The van der Waals surface area contributed by atoms with Gasteiger partial charge in [-0.2, -0.15) is 10.2 Å². The summed E-state index contributed by atoms with van der Waals surface area (Å²) in [6.07, 6.45) is 0. The van der Waals surface area contributed by atoms with Gasteiger partial charge in [0.15, 0.2) is 5.65 Å². The Balaban J connectivity index is 2.02. The molecule has 6 heteroatoms. The van der Waals surface area contributed by atoms with Crippen LogP contribution in [0.4, 0.5) is 10.2 Å². The van der Waals surface area contributed by atoms with Crippen LogP contribution in [-0.2, 0) is 6.54 Å². The predicted octanol–water partition coefficient (Wildman–Crippen LogP) is 1.84. The summed E-state index contributed by atoms with van der Waals surface area (Å²) in [5.74, 6) is 0.275. The highest BCUT2D eigenvalue weighted by Gasteiger charge is 2.13. The number of nitrogens with two attached hydrogens (primary N) is 1. The molecule has 18 heavy (non-hydrogen) atoms. The third kappa shape index (κ3) is 1.62. The van der Waals surface area contributed by atoms with Crippen molar-refractivity contribution < 1.29 is 4.39 Å².